The molecule has 0 spiro atoms. The van der Waals surface area contributed by atoms with Crippen molar-refractivity contribution in [3.05, 3.63) is 58.6 Å². The predicted molar refractivity (Wildman–Crippen MR) is 114 cm³/mol. The number of carbonyl (C=O) groups excluding carboxylic acids is 2. The minimum absolute atomic E-state index is 0.154. The average molecular weight is 416 g/mol. The molecule has 1 N–H and O–H groups in total. The summed E-state index contributed by atoms with van der Waals surface area (Å²) in [4.78, 5) is 28.8. The molecule has 0 bridgehead atoms. The number of amides is 2. The third kappa shape index (κ3) is 5.71. The smallest absolute Gasteiger partial charge is 0.233 e. The molecular formula is C22H26ClN3O3. The van der Waals surface area contributed by atoms with Crippen molar-refractivity contribution in [1.29, 1.82) is 0 Å². The van der Waals surface area contributed by atoms with Crippen LogP contribution < -0.4 is 10.1 Å². The topological polar surface area (TPSA) is 61.9 Å². The third-order valence-corrected chi connectivity index (χ3v) is 5.33. The van der Waals surface area contributed by atoms with Crippen LogP contribution in [0.5, 0.6) is 5.75 Å². The molecule has 0 radical (unpaired) electrons. The SMILES string of the molecule is COc1ccccc1CN1CCN(C(=O)CC(=O)Nc2cc(Cl)ccc2C)CC1. The van der Waals surface area contributed by atoms with E-state index in [9.17, 15) is 9.59 Å². The van der Waals surface area contributed by atoms with E-state index in [1.807, 2.05) is 31.2 Å². The van der Waals surface area contributed by atoms with Gasteiger partial charge in [-0.2, -0.15) is 0 Å². The molecule has 1 aliphatic heterocycles. The van der Waals surface area contributed by atoms with Crippen molar-refractivity contribution in [1.82, 2.24) is 9.80 Å². The second-order valence-electron chi connectivity index (χ2n) is 7.15. The second-order valence-corrected chi connectivity index (χ2v) is 7.59. The van der Waals surface area contributed by atoms with E-state index in [1.165, 1.54) is 0 Å². The van der Waals surface area contributed by atoms with Gasteiger partial charge in [-0.3, -0.25) is 14.5 Å². The highest BCUT2D eigenvalue weighted by Gasteiger charge is 2.23. The molecule has 1 heterocycles. The molecule has 1 fully saturated rings. The first-order valence-corrected chi connectivity index (χ1v) is 10.0. The standard InChI is InChI=1S/C22H26ClN3O3/c1-16-7-8-18(23)13-19(16)24-21(27)14-22(28)26-11-9-25(10-12-26)15-17-5-3-4-6-20(17)29-2/h3-8,13H,9-12,14-15H2,1-2H3,(H,24,27). The van der Waals surface area contributed by atoms with Crippen molar-refractivity contribution in [2.24, 2.45) is 0 Å². The first kappa shape index (κ1) is 21.1. The van der Waals surface area contributed by atoms with E-state index >= 15 is 0 Å². The lowest BCUT2D eigenvalue weighted by Crippen LogP contribution is -2.48. The fraction of sp³-hybridized carbons (Fsp3) is 0.364. The number of hydrogen-bond acceptors (Lipinski definition) is 4. The zero-order valence-electron chi connectivity index (χ0n) is 16.8. The Morgan fingerprint density at radius 1 is 1.10 bits per heavy atom. The zero-order chi connectivity index (χ0) is 20.8. The summed E-state index contributed by atoms with van der Waals surface area (Å²) in [6, 6.07) is 13.2. The van der Waals surface area contributed by atoms with Gasteiger partial charge in [-0.15, -0.1) is 0 Å². The normalized spacial score (nSPS) is 14.5. The third-order valence-electron chi connectivity index (χ3n) is 5.10. The van der Waals surface area contributed by atoms with Gasteiger partial charge in [0.15, 0.2) is 0 Å². The summed E-state index contributed by atoms with van der Waals surface area (Å²) < 4.78 is 5.41. The maximum Gasteiger partial charge on any atom is 0.233 e. The lowest BCUT2D eigenvalue weighted by atomic mass is 10.1. The van der Waals surface area contributed by atoms with Crippen LogP contribution in [-0.2, 0) is 16.1 Å². The summed E-state index contributed by atoms with van der Waals surface area (Å²) in [6.45, 7) is 5.40. The summed E-state index contributed by atoms with van der Waals surface area (Å²) in [5.74, 6) is 0.398. The first-order chi connectivity index (χ1) is 14.0. The fourth-order valence-corrected chi connectivity index (χ4v) is 3.57. The van der Waals surface area contributed by atoms with E-state index in [4.69, 9.17) is 16.3 Å². The van der Waals surface area contributed by atoms with Crippen molar-refractivity contribution in [3.8, 4) is 5.75 Å². The number of nitrogens with zero attached hydrogens (tertiary/aromatic N) is 2. The summed E-state index contributed by atoms with van der Waals surface area (Å²) in [5.41, 5.74) is 2.67. The van der Waals surface area contributed by atoms with Crippen LogP contribution >= 0.6 is 11.6 Å². The van der Waals surface area contributed by atoms with Crippen LogP contribution in [0, 0.1) is 6.92 Å². The van der Waals surface area contributed by atoms with Crippen molar-refractivity contribution < 1.29 is 14.3 Å². The maximum atomic E-state index is 12.5. The molecule has 2 amide bonds. The Balaban J connectivity index is 1.48. The monoisotopic (exact) mass is 415 g/mol. The van der Waals surface area contributed by atoms with E-state index in [1.54, 1.807) is 24.1 Å². The van der Waals surface area contributed by atoms with Crippen molar-refractivity contribution >= 4 is 29.1 Å². The van der Waals surface area contributed by atoms with Crippen molar-refractivity contribution in [2.45, 2.75) is 19.9 Å². The minimum Gasteiger partial charge on any atom is -0.496 e. The summed E-state index contributed by atoms with van der Waals surface area (Å²) in [6.07, 6.45) is -0.168. The van der Waals surface area contributed by atoms with Gasteiger partial charge in [0.2, 0.25) is 11.8 Å². The highest BCUT2D eigenvalue weighted by Crippen LogP contribution is 2.21. The number of halogens is 1. The molecular weight excluding hydrogens is 390 g/mol. The largest absolute Gasteiger partial charge is 0.496 e. The Morgan fingerprint density at radius 3 is 2.55 bits per heavy atom. The number of ether oxygens (including phenoxy) is 1. The van der Waals surface area contributed by atoms with Crippen LogP contribution in [0.4, 0.5) is 5.69 Å². The number of carbonyl (C=O) groups is 2. The van der Waals surface area contributed by atoms with Crippen molar-refractivity contribution in [2.75, 3.05) is 38.6 Å². The Bertz CT molecular complexity index is 879. The molecule has 2 aromatic carbocycles. The van der Waals surface area contributed by atoms with Gasteiger partial charge in [-0.1, -0.05) is 35.9 Å². The molecule has 0 aromatic heterocycles. The molecule has 1 aliphatic rings. The number of anilines is 1. The molecule has 0 saturated carbocycles. The van der Waals surface area contributed by atoms with Gasteiger partial charge >= 0.3 is 0 Å². The molecule has 0 aliphatic carbocycles. The van der Waals surface area contributed by atoms with Crippen LogP contribution in [0.15, 0.2) is 42.5 Å². The molecule has 1 saturated heterocycles. The number of aryl methyl sites for hydroxylation is 1. The highest BCUT2D eigenvalue weighted by molar-refractivity contribution is 6.31. The van der Waals surface area contributed by atoms with E-state index in [0.29, 0.717) is 23.8 Å². The van der Waals surface area contributed by atoms with Crippen LogP contribution in [0.25, 0.3) is 0 Å². The minimum atomic E-state index is -0.322. The molecule has 7 heteroatoms. The van der Waals surface area contributed by atoms with Gasteiger partial charge < -0.3 is 15.0 Å². The quantitative estimate of drug-likeness (QED) is 0.735. The van der Waals surface area contributed by atoms with Crippen LogP contribution in [0.1, 0.15) is 17.5 Å². The lowest BCUT2D eigenvalue weighted by molar-refractivity contribution is -0.136. The molecule has 2 aromatic rings. The molecule has 0 unspecified atom stereocenters. The van der Waals surface area contributed by atoms with E-state index in [2.05, 4.69) is 16.3 Å². The van der Waals surface area contributed by atoms with Crippen molar-refractivity contribution in [3.63, 3.8) is 0 Å². The molecule has 0 atom stereocenters. The van der Waals surface area contributed by atoms with Gasteiger partial charge in [0, 0.05) is 49.0 Å². The number of para-hydroxylation sites is 1. The Labute approximate surface area is 176 Å². The summed E-state index contributed by atoms with van der Waals surface area (Å²) in [7, 11) is 1.67. The highest BCUT2D eigenvalue weighted by atomic mass is 35.5. The van der Waals surface area contributed by atoms with Gasteiger partial charge in [-0.25, -0.2) is 0 Å². The van der Waals surface area contributed by atoms with Gasteiger partial charge in [0.25, 0.3) is 0 Å². The number of nitrogens with one attached hydrogen (secondary N) is 1. The predicted octanol–water partition coefficient (Wildman–Crippen LogP) is 3.33. The van der Waals surface area contributed by atoms with E-state index in [-0.39, 0.29) is 18.2 Å². The number of benzene rings is 2. The van der Waals surface area contributed by atoms with Crippen LogP contribution in [0.2, 0.25) is 5.02 Å². The molecule has 29 heavy (non-hydrogen) atoms. The van der Waals surface area contributed by atoms with Gasteiger partial charge in [0.1, 0.15) is 12.2 Å². The fourth-order valence-electron chi connectivity index (χ4n) is 3.40. The van der Waals surface area contributed by atoms with E-state index < -0.39 is 0 Å². The number of rotatable bonds is 6. The van der Waals surface area contributed by atoms with E-state index in [0.717, 1.165) is 36.5 Å². The molecule has 3 rings (SSSR count). The Morgan fingerprint density at radius 2 is 1.83 bits per heavy atom. The lowest BCUT2D eigenvalue weighted by Gasteiger charge is -2.35. The van der Waals surface area contributed by atoms with Gasteiger partial charge in [-0.05, 0) is 30.7 Å². The summed E-state index contributed by atoms with van der Waals surface area (Å²) in [5, 5.41) is 3.32. The summed E-state index contributed by atoms with van der Waals surface area (Å²) >= 11 is 5.98. The average Bonchev–Trinajstić information content (AvgIpc) is 2.71. The molecule has 154 valence electrons. The van der Waals surface area contributed by atoms with Gasteiger partial charge in [0.05, 0.1) is 7.11 Å². The number of piperazine rings is 1. The Hall–Kier alpha value is -2.57. The molecule has 6 nitrogen and oxygen atoms in total. The second kappa shape index (κ2) is 9.76. The van der Waals surface area contributed by atoms with Crippen LogP contribution in [0.3, 0.4) is 0 Å². The maximum absolute atomic E-state index is 12.5. The first-order valence-electron chi connectivity index (χ1n) is 9.64. The zero-order valence-corrected chi connectivity index (χ0v) is 17.5. The number of hydrogen-bond donors (Lipinski definition) is 1. The number of methoxy groups -OCH3 is 1. The Kier molecular flexibility index (Phi) is 7.12. The van der Waals surface area contributed by atoms with Crippen LogP contribution in [-0.4, -0.2) is 54.9 Å².